The van der Waals surface area contributed by atoms with Crippen molar-refractivity contribution < 1.29 is 4.43 Å². The fraction of sp³-hybridized carbons (Fsp3) is 0.692. The van der Waals surface area contributed by atoms with Crippen molar-refractivity contribution in [3.05, 3.63) is 24.6 Å². The highest BCUT2D eigenvalue weighted by Crippen LogP contribution is 2.37. The topological polar surface area (TPSA) is 12.5 Å². The van der Waals surface area contributed by atoms with Gasteiger partial charge in [0.05, 0.1) is 5.76 Å². The molecule has 16 heavy (non-hydrogen) atoms. The lowest BCUT2D eigenvalue weighted by Gasteiger charge is -2.36. The van der Waals surface area contributed by atoms with Gasteiger partial charge in [-0.05, 0) is 24.2 Å². The minimum atomic E-state index is -1.71. The number of hydrogen-bond donors (Lipinski definition) is 0. The van der Waals surface area contributed by atoms with Crippen LogP contribution < -0.4 is 0 Å². The summed E-state index contributed by atoms with van der Waals surface area (Å²) in [6.45, 7) is 15.0. The Balaban J connectivity index is 0. The fourth-order valence-electron chi connectivity index (χ4n) is 0.747. The molecule has 0 aliphatic rings. The molecule has 0 aromatic carbocycles. The molecule has 0 heterocycles. The Hall–Kier alpha value is -0.703. The molecule has 0 radical (unpaired) electrons. The molecule has 0 amide bonds. The third-order valence-electron chi connectivity index (χ3n) is 2.75. The first-order valence-corrected chi connectivity index (χ1v) is 8.19. The Morgan fingerprint density at radius 3 is 2.00 bits per heavy atom. The van der Waals surface area contributed by atoms with Crippen LogP contribution in [0.1, 0.15) is 28.2 Å². The van der Waals surface area contributed by atoms with Gasteiger partial charge in [-0.15, -0.1) is 0 Å². The summed E-state index contributed by atoms with van der Waals surface area (Å²) in [6.07, 6.45) is 3.87. The van der Waals surface area contributed by atoms with E-state index < -0.39 is 8.32 Å². The summed E-state index contributed by atoms with van der Waals surface area (Å²) in [5.41, 5.74) is 0. The molecule has 2 nitrogen and oxygen atoms in total. The van der Waals surface area contributed by atoms with Crippen LogP contribution >= 0.6 is 0 Å². The average Bonchev–Trinajstić information content (AvgIpc) is 1.97. The van der Waals surface area contributed by atoms with Crippen molar-refractivity contribution in [1.82, 2.24) is 4.90 Å². The molecule has 0 unspecified atom stereocenters. The van der Waals surface area contributed by atoms with E-state index in [1.54, 1.807) is 0 Å². The summed E-state index contributed by atoms with van der Waals surface area (Å²) in [5, 5.41) is 0.224. The fourth-order valence-corrected chi connectivity index (χ4v) is 1.78. The van der Waals surface area contributed by atoms with Gasteiger partial charge in [0.2, 0.25) is 8.32 Å². The quantitative estimate of drug-likeness (QED) is 0.416. The zero-order valence-corrected chi connectivity index (χ0v) is 12.2. The summed E-state index contributed by atoms with van der Waals surface area (Å²) in [6, 6.07) is 0. The van der Waals surface area contributed by atoms with E-state index in [9.17, 15) is 0 Å². The SMILES string of the molecule is C.C=C(/C=C/N(C)C)O[Si](C)(C)C(C)(C)C. The van der Waals surface area contributed by atoms with Gasteiger partial charge in [0, 0.05) is 20.3 Å². The third kappa shape index (κ3) is 6.01. The van der Waals surface area contributed by atoms with Crippen molar-refractivity contribution in [2.75, 3.05) is 14.1 Å². The van der Waals surface area contributed by atoms with Crippen LogP contribution in [0.25, 0.3) is 0 Å². The number of allylic oxidation sites excluding steroid dienone is 1. The van der Waals surface area contributed by atoms with Crippen LogP contribution in [0.3, 0.4) is 0 Å². The van der Waals surface area contributed by atoms with Gasteiger partial charge in [0.25, 0.3) is 0 Å². The molecule has 0 atom stereocenters. The summed E-state index contributed by atoms with van der Waals surface area (Å²) in [7, 11) is 2.26. The minimum absolute atomic E-state index is 0. The molecule has 0 aliphatic carbocycles. The maximum absolute atomic E-state index is 5.98. The van der Waals surface area contributed by atoms with Crippen LogP contribution in [0, 0.1) is 0 Å². The highest BCUT2D eigenvalue weighted by molar-refractivity contribution is 6.74. The van der Waals surface area contributed by atoms with Crippen LogP contribution in [0.5, 0.6) is 0 Å². The molecule has 96 valence electrons. The predicted octanol–water partition coefficient (Wildman–Crippen LogP) is 4.23. The number of nitrogens with zero attached hydrogens (tertiary/aromatic N) is 1. The average molecular weight is 243 g/mol. The van der Waals surface area contributed by atoms with Crippen molar-refractivity contribution >= 4 is 8.32 Å². The van der Waals surface area contributed by atoms with E-state index in [4.69, 9.17) is 4.43 Å². The first-order chi connectivity index (χ1) is 6.56. The van der Waals surface area contributed by atoms with Crippen molar-refractivity contribution in [2.24, 2.45) is 0 Å². The number of hydrogen-bond acceptors (Lipinski definition) is 2. The van der Waals surface area contributed by atoms with Gasteiger partial charge >= 0.3 is 0 Å². The van der Waals surface area contributed by atoms with Crippen LogP contribution in [0.15, 0.2) is 24.6 Å². The first-order valence-electron chi connectivity index (χ1n) is 5.29. The first kappa shape index (κ1) is 17.7. The maximum Gasteiger partial charge on any atom is 0.250 e. The van der Waals surface area contributed by atoms with Gasteiger partial charge in [-0.1, -0.05) is 34.8 Å². The minimum Gasteiger partial charge on any atom is -0.544 e. The lowest BCUT2D eigenvalue weighted by molar-refractivity contribution is 0.400. The molecule has 0 spiro atoms. The van der Waals surface area contributed by atoms with E-state index in [0.29, 0.717) is 0 Å². The molecular formula is C13H29NOSi. The molecule has 0 aliphatic heterocycles. The van der Waals surface area contributed by atoms with Crippen LogP contribution in [-0.2, 0) is 4.43 Å². The second-order valence-electron chi connectivity index (χ2n) is 5.61. The van der Waals surface area contributed by atoms with Gasteiger partial charge in [0.1, 0.15) is 0 Å². The Kier molecular flexibility index (Phi) is 6.78. The molecule has 3 heteroatoms. The number of rotatable bonds is 4. The molecule has 0 rings (SSSR count). The molecular weight excluding hydrogens is 214 g/mol. The van der Waals surface area contributed by atoms with E-state index >= 15 is 0 Å². The van der Waals surface area contributed by atoms with Crippen LogP contribution in [0.4, 0.5) is 0 Å². The second-order valence-corrected chi connectivity index (χ2v) is 10.3. The highest BCUT2D eigenvalue weighted by Gasteiger charge is 2.38. The summed E-state index contributed by atoms with van der Waals surface area (Å²) < 4.78 is 5.98. The summed E-state index contributed by atoms with van der Waals surface area (Å²) in [5.74, 6) is 0.760. The third-order valence-corrected chi connectivity index (χ3v) is 7.14. The Bertz CT molecular complexity index is 249. The summed E-state index contributed by atoms with van der Waals surface area (Å²) in [4.78, 5) is 1.97. The van der Waals surface area contributed by atoms with Crippen LogP contribution in [-0.4, -0.2) is 27.3 Å². The standard InChI is InChI=1S/C12H25NOSi.CH4/c1-11(9-10-13(5)6)14-15(7,8)12(2,3)4;/h9-10H,1H2,2-8H3;1H4/b10-9+;. The Morgan fingerprint density at radius 2 is 1.69 bits per heavy atom. The van der Waals surface area contributed by atoms with Gasteiger partial charge in [-0.25, -0.2) is 0 Å². The molecule has 0 aromatic heterocycles. The monoisotopic (exact) mass is 243 g/mol. The maximum atomic E-state index is 5.98. The molecule has 0 N–H and O–H groups in total. The highest BCUT2D eigenvalue weighted by atomic mass is 28.4. The normalized spacial score (nSPS) is 12.2. The molecule has 0 saturated carbocycles. The van der Waals surface area contributed by atoms with Crippen LogP contribution in [0.2, 0.25) is 18.1 Å². The van der Waals surface area contributed by atoms with Gasteiger partial charge < -0.3 is 9.33 Å². The van der Waals surface area contributed by atoms with E-state index in [0.717, 1.165) is 5.76 Å². The molecule has 0 saturated heterocycles. The Morgan fingerprint density at radius 1 is 1.25 bits per heavy atom. The molecule has 0 bridgehead atoms. The van der Waals surface area contributed by atoms with Gasteiger partial charge in [-0.3, -0.25) is 0 Å². The van der Waals surface area contributed by atoms with Crippen molar-refractivity contribution in [3.63, 3.8) is 0 Å². The molecule has 0 aromatic rings. The lowest BCUT2D eigenvalue weighted by Crippen LogP contribution is -2.40. The largest absolute Gasteiger partial charge is 0.544 e. The lowest BCUT2D eigenvalue weighted by atomic mass is 10.2. The van der Waals surface area contributed by atoms with E-state index in [-0.39, 0.29) is 12.5 Å². The zero-order chi connectivity index (χ0) is 12.3. The zero-order valence-electron chi connectivity index (χ0n) is 11.2. The summed E-state index contributed by atoms with van der Waals surface area (Å²) >= 11 is 0. The van der Waals surface area contributed by atoms with Crippen molar-refractivity contribution in [2.45, 2.75) is 46.3 Å². The van der Waals surface area contributed by atoms with Gasteiger partial charge in [0.15, 0.2) is 0 Å². The second kappa shape index (κ2) is 6.14. The molecule has 0 fully saturated rings. The smallest absolute Gasteiger partial charge is 0.250 e. The van der Waals surface area contributed by atoms with E-state index in [2.05, 4.69) is 40.4 Å². The van der Waals surface area contributed by atoms with E-state index in [1.165, 1.54) is 0 Å². The van der Waals surface area contributed by atoms with Crippen molar-refractivity contribution in [3.8, 4) is 0 Å². The van der Waals surface area contributed by atoms with Gasteiger partial charge in [-0.2, -0.15) is 0 Å². The van der Waals surface area contributed by atoms with Crippen molar-refractivity contribution in [1.29, 1.82) is 0 Å². The van der Waals surface area contributed by atoms with E-state index in [1.807, 2.05) is 31.3 Å². The predicted molar refractivity (Wildman–Crippen MR) is 77.0 cm³/mol. The Labute approximate surface area is 103 Å².